The first kappa shape index (κ1) is 14.7. The van der Waals surface area contributed by atoms with Crippen molar-refractivity contribution < 1.29 is 9.53 Å². The number of aromatic amines is 1. The van der Waals surface area contributed by atoms with Crippen molar-refractivity contribution in [2.24, 2.45) is 0 Å². The Morgan fingerprint density at radius 3 is 3.09 bits per heavy atom. The molecule has 0 aliphatic rings. The minimum atomic E-state index is -0.397. The van der Waals surface area contributed by atoms with Gasteiger partial charge in [0.1, 0.15) is 12.6 Å². The number of imidazole rings is 1. The summed E-state index contributed by atoms with van der Waals surface area (Å²) in [6.07, 6.45) is 1.76. The van der Waals surface area contributed by atoms with Gasteiger partial charge in [0, 0.05) is 11.8 Å². The van der Waals surface area contributed by atoms with Crippen molar-refractivity contribution in [3.63, 3.8) is 0 Å². The Morgan fingerprint density at radius 1 is 1.36 bits per heavy atom. The molecule has 3 aromatic rings. The topological polar surface area (TPSA) is 79.9 Å². The van der Waals surface area contributed by atoms with Crippen LogP contribution >= 0.6 is 11.3 Å². The number of H-pyrrole nitrogens is 1. The molecule has 0 amide bonds. The van der Waals surface area contributed by atoms with Crippen LogP contribution in [0.5, 0.6) is 0 Å². The van der Waals surface area contributed by atoms with Crippen LogP contribution in [0.3, 0.4) is 0 Å². The summed E-state index contributed by atoms with van der Waals surface area (Å²) in [6, 6.07) is 7.97. The van der Waals surface area contributed by atoms with E-state index >= 15 is 0 Å². The Kier molecular flexibility index (Phi) is 4.77. The molecule has 2 aromatic heterocycles. The number of para-hydroxylation sites is 2. The monoisotopic (exact) mass is 316 g/mol. The average molecular weight is 316 g/mol. The first-order valence-electron chi connectivity index (χ1n) is 7.02. The molecule has 0 saturated carbocycles. The number of hydrogen-bond donors (Lipinski definition) is 2. The van der Waals surface area contributed by atoms with Gasteiger partial charge in [-0.2, -0.15) is 0 Å². The first-order valence-corrected chi connectivity index (χ1v) is 7.97. The SMILES string of the molecule is O=C(OCNCCCc1nc2ccccc2[nH]1)c1cscn1. The van der Waals surface area contributed by atoms with Crippen LogP contribution in [-0.2, 0) is 11.2 Å². The molecular formula is C15H16N4O2S. The largest absolute Gasteiger partial charge is 0.445 e. The highest BCUT2D eigenvalue weighted by molar-refractivity contribution is 7.07. The Labute approximate surface area is 131 Å². The van der Waals surface area contributed by atoms with Crippen LogP contribution in [0.15, 0.2) is 35.2 Å². The van der Waals surface area contributed by atoms with E-state index in [0.717, 1.165) is 36.2 Å². The Balaban J connectivity index is 1.34. The lowest BCUT2D eigenvalue weighted by molar-refractivity contribution is 0.0466. The van der Waals surface area contributed by atoms with Crippen molar-refractivity contribution in [2.45, 2.75) is 12.8 Å². The third kappa shape index (κ3) is 3.69. The minimum Gasteiger partial charge on any atom is -0.445 e. The van der Waals surface area contributed by atoms with Crippen molar-refractivity contribution >= 4 is 28.3 Å². The maximum absolute atomic E-state index is 11.5. The molecule has 0 saturated heterocycles. The zero-order valence-corrected chi connectivity index (χ0v) is 12.7. The minimum absolute atomic E-state index is 0.191. The number of carbonyl (C=O) groups is 1. The van der Waals surface area contributed by atoms with Crippen LogP contribution in [0.1, 0.15) is 22.7 Å². The van der Waals surface area contributed by atoms with Gasteiger partial charge in [-0.3, -0.25) is 5.32 Å². The number of ether oxygens (including phenoxy) is 1. The fraction of sp³-hybridized carbons (Fsp3) is 0.267. The highest BCUT2D eigenvalue weighted by Gasteiger charge is 2.08. The van der Waals surface area contributed by atoms with Gasteiger partial charge in [0.15, 0.2) is 5.69 Å². The Hall–Kier alpha value is -2.25. The first-order chi connectivity index (χ1) is 10.8. The molecule has 0 atom stereocenters. The molecule has 3 rings (SSSR count). The molecule has 0 aliphatic carbocycles. The molecule has 0 aliphatic heterocycles. The second-order valence-corrected chi connectivity index (χ2v) is 5.47. The number of rotatable bonds is 7. The van der Waals surface area contributed by atoms with E-state index in [1.165, 1.54) is 11.3 Å². The zero-order valence-electron chi connectivity index (χ0n) is 11.9. The molecule has 2 heterocycles. The van der Waals surface area contributed by atoms with Gasteiger partial charge >= 0.3 is 5.97 Å². The summed E-state index contributed by atoms with van der Waals surface area (Å²) in [5.41, 5.74) is 4.01. The number of benzene rings is 1. The number of fused-ring (bicyclic) bond motifs is 1. The predicted molar refractivity (Wildman–Crippen MR) is 84.8 cm³/mol. The summed E-state index contributed by atoms with van der Waals surface area (Å²) in [7, 11) is 0. The van der Waals surface area contributed by atoms with Gasteiger partial charge in [-0.1, -0.05) is 12.1 Å². The second kappa shape index (κ2) is 7.15. The number of nitrogens with one attached hydrogen (secondary N) is 2. The van der Waals surface area contributed by atoms with Crippen LogP contribution in [0.25, 0.3) is 11.0 Å². The highest BCUT2D eigenvalue weighted by atomic mass is 32.1. The summed E-state index contributed by atoms with van der Waals surface area (Å²) in [4.78, 5) is 23.2. The van der Waals surface area contributed by atoms with Gasteiger partial charge in [0.25, 0.3) is 0 Å². The standard InChI is InChI=1S/C15H16N4O2S/c20-15(13-8-22-10-17-13)21-9-16-7-3-6-14-18-11-4-1-2-5-12(11)19-14/h1-2,4-5,8,10,16H,3,6-7,9H2,(H,18,19). The Bertz CT molecular complexity index is 706. The molecule has 0 bridgehead atoms. The van der Waals surface area contributed by atoms with Gasteiger partial charge in [-0.15, -0.1) is 11.3 Å². The van der Waals surface area contributed by atoms with Gasteiger partial charge < -0.3 is 9.72 Å². The third-order valence-electron chi connectivity index (χ3n) is 3.15. The molecule has 2 N–H and O–H groups in total. The van der Waals surface area contributed by atoms with E-state index in [0.29, 0.717) is 5.69 Å². The van der Waals surface area contributed by atoms with E-state index in [2.05, 4.69) is 20.3 Å². The van der Waals surface area contributed by atoms with E-state index in [1.807, 2.05) is 24.3 Å². The van der Waals surface area contributed by atoms with Crippen molar-refractivity contribution in [3.05, 3.63) is 46.7 Å². The quantitative estimate of drug-likeness (QED) is 0.397. The predicted octanol–water partition coefficient (Wildman–Crippen LogP) is 2.36. The molecule has 0 fully saturated rings. The molecule has 22 heavy (non-hydrogen) atoms. The number of thiazole rings is 1. The number of esters is 1. The van der Waals surface area contributed by atoms with Gasteiger partial charge in [0.2, 0.25) is 0 Å². The lowest BCUT2D eigenvalue weighted by Crippen LogP contribution is -2.22. The number of carbonyl (C=O) groups excluding carboxylic acids is 1. The van der Waals surface area contributed by atoms with Crippen molar-refractivity contribution in [1.82, 2.24) is 20.3 Å². The van der Waals surface area contributed by atoms with Crippen LogP contribution in [0.4, 0.5) is 0 Å². The van der Waals surface area contributed by atoms with Gasteiger partial charge in [-0.05, 0) is 25.1 Å². The molecule has 6 nitrogen and oxygen atoms in total. The average Bonchev–Trinajstić information content (AvgIpc) is 3.19. The van der Waals surface area contributed by atoms with E-state index in [4.69, 9.17) is 4.74 Å². The van der Waals surface area contributed by atoms with Crippen molar-refractivity contribution in [1.29, 1.82) is 0 Å². The molecular weight excluding hydrogens is 300 g/mol. The molecule has 7 heteroatoms. The molecule has 0 spiro atoms. The van der Waals surface area contributed by atoms with Crippen LogP contribution in [0.2, 0.25) is 0 Å². The number of aromatic nitrogens is 3. The fourth-order valence-electron chi connectivity index (χ4n) is 2.08. The van der Waals surface area contributed by atoms with E-state index in [-0.39, 0.29) is 6.73 Å². The van der Waals surface area contributed by atoms with Crippen LogP contribution < -0.4 is 5.32 Å². The lowest BCUT2D eigenvalue weighted by Gasteiger charge is -2.04. The van der Waals surface area contributed by atoms with E-state index < -0.39 is 5.97 Å². The maximum atomic E-state index is 11.5. The second-order valence-electron chi connectivity index (χ2n) is 4.75. The van der Waals surface area contributed by atoms with Gasteiger partial charge in [0.05, 0.1) is 16.5 Å². The summed E-state index contributed by atoms with van der Waals surface area (Å²) < 4.78 is 5.06. The van der Waals surface area contributed by atoms with Crippen LogP contribution in [-0.4, -0.2) is 34.2 Å². The summed E-state index contributed by atoms with van der Waals surface area (Å²) in [5.74, 6) is 0.577. The lowest BCUT2D eigenvalue weighted by atomic mass is 10.3. The maximum Gasteiger partial charge on any atom is 0.359 e. The molecule has 1 aromatic carbocycles. The van der Waals surface area contributed by atoms with Crippen LogP contribution in [0, 0.1) is 0 Å². The Morgan fingerprint density at radius 2 is 2.27 bits per heavy atom. The molecule has 114 valence electrons. The molecule has 0 unspecified atom stereocenters. The van der Waals surface area contributed by atoms with E-state index in [9.17, 15) is 4.79 Å². The zero-order chi connectivity index (χ0) is 15.2. The summed E-state index contributed by atoms with van der Waals surface area (Å²) >= 11 is 1.37. The van der Waals surface area contributed by atoms with E-state index in [1.54, 1.807) is 10.9 Å². The van der Waals surface area contributed by atoms with Crippen molar-refractivity contribution in [2.75, 3.05) is 13.3 Å². The highest BCUT2D eigenvalue weighted by Crippen LogP contribution is 2.11. The summed E-state index contributed by atoms with van der Waals surface area (Å²) in [6.45, 7) is 0.942. The number of aryl methyl sites for hydroxylation is 1. The van der Waals surface area contributed by atoms with Gasteiger partial charge in [-0.25, -0.2) is 14.8 Å². The smallest absolute Gasteiger partial charge is 0.359 e. The summed E-state index contributed by atoms with van der Waals surface area (Å²) in [5, 5.41) is 4.74. The number of hydrogen-bond acceptors (Lipinski definition) is 6. The third-order valence-corrected chi connectivity index (χ3v) is 3.74. The van der Waals surface area contributed by atoms with Crippen molar-refractivity contribution in [3.8, 4) is 0 Å². The fourth-order valence-corrected chi connectivity index (χ4v) is 2.60. The normalized spacial score (nSPS) is 10.9. The number of nitrogens with zero attached hydrogens (tertiary/aromatic N) is 2. The molecule has 0 radical (unpaired) electrons.